The van der Waals surface area contributed by atoms with E-state index in [0.717, 1.165) is 48.4 Å². The molecule has 0 bridgehead atoms. The highest BCUT2D eigenvalue weighted by atomic mass is 35.5. The molecule has 0 aliphatic carbocycles. The van der Waals surface area contributed by atoms with Crippen molar-refractivity contribution >= 4 is 40.5 Å². The van der Waals surface area contributed by atoms with E-state index in [1.54, 1.807) is 6.07 Å². The van der Waals surface area contributed by atoms with Crippen molar-refractivity contribution < 1.29 is 9.47 Å². The highest BCUT2D eigenvalue weighted by Crippen LogP contribution is 2.38. The molecule has 1 unspecified atom stereocenters. The number of ether oxygens (including phenoxy) is 2. The van der Waals surface area contributed by atoms with Gasteiger partial charge in [-0.15, -0.1) is 0 Å². The van der Waals surface area contributed by atoms with Gasteiger partial charge in [-0.25, -0.2) is 0 Å². The van der Waals surface area contributed by atoms with Crippen LogP contribution in [0.2, 0.25) is 15.1 Å². The molecule has 31 heavy (non-hydrogen) atoms. The lowest BCUT2D eigenvalue weighted by atomic mass is 10.0. The monoisotopic (exact) mass is 474 g/mol. The highest BCUT2D eigenvalue weighted by molar-refractivity contribution is 6.36. The lowest BCUT2D eigenvalue weighted by Crippen LogP contribution is -2.48. The zero-order valence-electron chi connectivity index (χ0n) is 16.7. The Labute approximate surface area is 196 Å². The number of anilines is 1. The van der Waals surface area contributed by atoms with Crippen LogP contribution in [0, 0.1) is 0 Å². The third kappa shape index (κ3) is 4.44. The number of benzene rings is 3. The van der Waals surface area contributed by atoms with Crippen molar-refractivity contribution in [3.05, 3.63) is 86.9 Å². The molecule has 2 aliphatic heterocycles. The summed E-state index contributed by atoms with van der Waals surface area (Å²) in [5.74, 6) is 1.63. The van der Waals surface area contributed by atoms with Crippen LogP contribution in [0.4, 0.5) is 5.69 Å². The van der Waals surface area contributed by atoms with E-state index in [4.69, 9.17) is 44.3 Å². The third-order valence-electron chi connectivity index (χ3n) is 5.78. The number of hydrogen-bond donors (Lipinski definition) is 0. The van der Waals surface area contributed by atoms with Crippen molar-refractivity contribution in [2.24, 2.45) is 0 Å². The minimum atomic E-state index is 0.138. The van der Waals surface area contributed by atoms with Crippen molar-refractivity contribution in [2.45, 2.75) is 12.6 Å². The Hall–Kier alpha value is -2.11. The first-order valence-electron chi connectivity index (χ1n) is 10.1. The molecule has 2 aliphatic rings. The van der Waals surface area contributed by atoms with Gasteiger partial charge in [0.25, 0.3) is 0 Å². The zero-order chi connectivity index (χ0) is 21.4. The molecule has 0 aromatic heterocycles. The third-order valence-corrected chi connectivity index (χ3v) is 6.57. The highest BCUT2D eigenvalue weighted by Gasteiger charge is 2.30. The molecule has 0 spiro atoms. The minimum absolute atomic E-state index is 0.138. The smallest absolute Gasteiger partial charge is 0.231 e. The molecule has 1 atom stereocenters. The van der Waals surface area contributed by atoms with Crippen LogP contribution in [0.25, 0.3) is 0 Å². The van der Waals surface area contributed by atoms with Crippen LogP contribution >= 0.6 is 34.8 Å². The molecule has 3 aromatic carbocycles. The van der Waals surface area contributed by atoms with E-state index < -0.39 is 0 Å². The van der Waals surface area contributed by atoms with Gasteiger partial charge < -0.3 is 14.4 Å². The Bertz CT molecular complexity index is 1090. The van der Waals surface area contributed by atoms with Gasteiger partial charge in [0, 0.05) is 36.2 Å². The quantitative estimate of drug-likeness (QED) is 0.433. The second-order valence-corrected chi connectivity index (χ2v) is 9.06. The normalized spacial score (nSPS) is 18.4. The summed E-state index contributed by atoms with van der Waals surface area (Å²) in [5, 5.41) is 2.03. The van der Waals surface area contributed by atoms with Gasteiger partial charge in [0.2, 0.25) is 6.79 Å². The Kier molecular flexibility index (Phi) is 5.89. The summed E-state index contributed by atoms with van der Waals surface area (Å²) in [5.41, 5.74) is 3.40. The molecule has 0 saturated carbocycles. The van der Waals surface area contributed by atoms with Crippen LogP contribution in [-0.4, -0.2) is 31.3 Å². The summed E-state index contributed by atoms with van der Waals surface area (Å²) in [6, 6.07) is 20.1. The summed E-state index contributed by atoms with van der Waals surface area (Å²) < 4.78 is 11.0. The van der Waals surface area contributed by atoms with Gasteiger partial charge in [-0.3, -0.25) is 4.90 Å². The lowest BCUT2D eigenvalue weighted by Gasteiger charge is -2.43. The van der Waals surface area contributed by atoms with Gasteiger partial charge in [-0.2, -0.15) is 0 Å². The van der Waals surface area contributed by atoms with Crippen molar-refractivity contribution in [1.29, 1.82) is 0 Å². The van der Waals surface area contributed by atoms with Crippen molar-refractivity contribution in [3.63, 3.8) is 0 Å². The van der Waals surface area contributed by atoms with Crippen LogP contribution in [0.3, 0.4) is 0 Å². The largest absolute Gasteiger partial charge is 0.454 e. The van der Waals surface area contributed by atoms with E-state index in [-0.39, 0.29) is 12.8 Å². The van der Waals surface area contributed by atoms with E-state index in [9.17, 15) is 0 Å². The van der Waals surface area contributed by atoms with Crippen LogP contribution in [0.15, 0.2) is 60.7 Å². The second-order valence-electron chi connectivity index (χ2n) is 7.78. The summed E-state index contributed by atoms with van der Waals surface area (Å²) in [7, 11) is 0. The fourth-order valence-electron chi connectivity index (χ4n) is 4.25. The average Bonchev–Trinajstić information content (AvgIpc) is 3.23. The van der Waals surface area contributed by atoms with Crippen molar-refractivity contribution in [3.8, 4) is 11.5 Å². The maximum Gasteiger partial charge on any atom is 0.231 e. The maximum atomic E-state index is 6.57. The van der Waals surface area contributed by atoms with E-state index in [0.29, 0.717) is 10.0 Å². The molecule has 0 N–H and O–H groups in total. The minimum Gasteiger partial charge on any atom is -0.454 e. The Morgan fingerprint density at radius 3 is 2.39 bits per heavy atom. The summed E-state index contributed by atoms with van der Waals surface area (Å²) in [6.07, 6.45) is 0. The molecule has 0 radical (unpaired) electrons. The molecule has 3 aromatic rings. The molecule has 5 rings (SSSR count). The predicted molar refractivity (Wildman–Crippen MR) is 126 cm³/mol. The maximum absolute atomic E-state index is 6.57. The number of rotatable bonds is 4. The molecular weight excluding hydrogens is 455 g/mol. The van der Waals surface area contributed by atoms with Gasteiger partial charge in [-0.1, -0.05) is 53.0 Å². The predicted octanol–water partition coefficient (Wildman–Crippen LogP) is 6.44. The standard InChI is InChI=1S/C24H21Cl3N2O2/c25-18-4-2-17(3-5-18)22-14-28(13-16-1-8-23-24(11-16)31-15-30-23)9-10-29(22)21-7-6-19(26)12-20(21)27/h1-8,11-12,22H,9-10,13-15H2. The first-order chi connectivity index (χ1) is 15.1. The molecule has 1 saturated heterocycles. The van der Waals surface area contributed by atoms with Gasteiger partial charge in [-0.05, 0) is 53.6 Å². The topological polar surface area (TPSA) is 24.9 Å². The fraction of sp³-hybridized carbons (Fsp3) is 0.250. The molecule has 0 amide bonds. The first-order valence-corrected chi connectivity index (χ1v) is 11.3. The Balaban J connectivity index is 1.41. The van der Waals surface area contributed by atoms with Gasteiger partial charge >= 0.3 is 0 Å². The van der Waals surface area contributed by atoms with Gasteiger partial charge in [0.15, 0.2) is 11.5 Å². The molecule has 2 heterocycles. The molecule has 160 valence electrons. The number of piperazine rings is 1. The Morgan fingerprint density at radius 2 is 1.58 bits per heavy atom. The molecular formula is C24H21Cl3N2O2. The number of nitrogens with zero attached hydrogens (tertiary/aromatic N) is 2. The average molecular weight is 476 g/mol. The van der Waals surface area contributed by atoms with Crippen LogP contribution in [-0.2, 0) is 6.54 Å². The van der Waals surface area contributed by atoms with E-state index in [1.807, 2.05) is 30.3 Å². The SMILES string of the molecule is Clc1ccc(C2CN(Cc3ccc4c(c3)OCO4)CCN2c2ccc(Cl)cc2Cl)cc1. The number of hydrogen-bond acceptors (Lipinski definition) is 4. The van der Waals surface area contributed by atoms with E-state index >= 15 is 0 Å². The first kappa shape index (κ1) is 20.8. The lowest BCUT2D eigenvalue weighted by molar-refractivity contribution is 0.173. The fourth-order valence-corrected chi connectivity index (χ4v) is 4.90. The van der Waals surface area contributed by atoms with Crippen molar-refractivity contribution in [1.82, 2.24) is 4.90 Å². The van der Waals surface area contributed by atoms with Crippen LogP contribution in [0.5, 0.6) is 11.5 Å². The summed E-state index contributed by atoms with van der Waals surface area (Å²) >= 11 is 18.9. The van der Waals surface area contributed by atoms with E-state index in [1.165, 1.54) is 11.1 Å². The van der Waals surface area contributed by atoms with Crippen LogP contribution in [0.1, 0.15) is 17.2 Å². The number of fused-ring (bicyclic) bond motifs is 1. The molecule has 1 fully saturated rings. The van der Waals surface area contributed by atoms with Crippen LogP contribution < -0.4 is 14.4 Å². The van der Waals surface area contributed by atoms with E-state index in [2.05, 4.69) is 34.1 Å². The summed E-state index contributed by atoms with van der Waals surface area (Å²) in [4.78, 5) is 4.81. The molecule has 4 nitrogen and oxygen atoms in total. The Morgan fingerprint density at radius 1 is 0.806 bits per heavy atom. The molecule has 7 heteroatoms. The van der Waals surface area contributed by atoms with Crippen molar-refractivity contribution in [2.75, 3.05) is 31.3 Å². The summed E-state index contributed by atoms with van der Waals surface area (Å²) in [6.45, 7) is 3.74. The number of halogens is 3. The van der Waals surface area contributed by atoms with Gasteiger partial charge in [0.1, 0.15) is 0 Å². The second kappa shape index (κ2) is 8.79. The zero-order valence-corrected chi connectivity index (χ0v) is 19.0. The van der Waals surface area contributed by atoms with Gasteiger partial charge in [0.05, 0.1) is 16.8 Å².